The standard InChI is InChI=1S/C8H9N3O/c1-2-8(9-3-4-10-8)6-5-12-11-7(1)6/h1-2,5,9-10H,3-4H2. The minimum absolute atomic E-state index is 0.185. The Balaban J connectivity index is 2.15. The number of fused-ring (bicyclic) bond motifs is 2. The quantitative estimate of drug-likeness (QED) is 0.567. The lowest BCUT2D eigenvalue weighted by molar-refractivity contribution is 0.403. The molecule has 1 aromatic heterocycles. The lowest BCUT2D eigenvalue weighted by atomic mass is 10.1. The second-order valence-corrected chi connectivity index (χ2v) is 3.11. The average Bonchev–Trinajstić information content (AvgIpc) is 2.76. The minimum atomic E-state index is -0.185. The van der Waals surface area contributed by atoms with Gasteiger partial charge in [0.2, 0.25) is 0 Å². The molecule has 0 aromatic carbocycles. The predicted molar refractivity (Wildman–Crippen MR) is 43.2 cm³/mol. The molecule has 2 heterocycles. The summed E-state index contributed by atoms with van der Waals surface area (Å²) in [7, 11) is 0. The van der Waals surface area contributed by atoms with Crippen molar-refractivity contribution in [1.29, 1.82) is 0 Å². The zero-order chi connectivity index (χ0) is 8.02. The Bertz CT molecular complexity index is 336. The molecule has 62 valence electrons. The van der Waals surface area contributed by atoms with Crippen LogP contribution in [0, 0.1) is 0 Å². The summed E-state index contributed by atoms with van der Waals surface area (Å²) in [5, 5.41) is 10.6. The first-order chi connectivity index (χ1) is 5.91. The van der Waals surface area contributed by atoms with Gasteiger partial charge >= 0.3 is 0 Å². The van der Waals surface area contributed by atoms with Gasteiger partial charge < -0.3 is 4.52 Å². The Morgan fingerprint density at radius 3 is 3.08 bits per heavy atom. The summed E-state index contributed by atoms with van der Waals surface area (Å²) < 4.78 is 4.89. The van der Waals surface area contributed by atoms with Gasteiger partial charge in [-0.15, -0.1) is 0 Å². The van der Waals surface area contributed by atoms with Gasteiger partial charge in [-0.05, 0) is 12.2 Å². The van der Waals surface area contributed by atoms with Crippen LogP contribution in [0.4, 0.5) is 0 Å². The molecule has 0 amide bonds. The predicted octanol–water partition coefficient (Wildman–Crippen LogP) is 0.0470. The van der Waals surface area contributed by atoms with E-state index in [1.807, 2.05) is 6.08 Å². The van der Waals surface area contributed by atoms with Gasteiger partial charge in [0.15, 0.2) is 0 Å². The van der Waals surface area contributed by atoms with E-state index in [0.29, 0.717) is 0 Å². The number of hydrogen-bond donors (Lipinski definition) is 2. The molecule has 1 aromatic rings. The molecule has 2 N–H and O–H groups in total. The van der Waals surface area contributed by atoms with E-state index in [1.165, 1.54) is 0 Å². The van der Waals surface area contributed by atoms with Crippen LogP contribution in [-0.2, 0) is 5.66 Å². The number of rotatable bonds is 0. The molecular weight excluding hydrogens is 154 g/mol. The number of nitrogens with zero attached hydrogens (tertiary/aromatic N) is 1. The smallest absolute Gasteiger partial charge is 0.131 e. The highest BCUT2D eigenvalue weighted by Gasteiger charge is 2.39. The van der Waals surface area contributed by atoms with E-state index in [0.717, 1.165) is 24.3 Å². The summed E-state index contributed by atoms with van der Waals surface area (Å²) in [6.07, 6.45) is 5.76. The molecule has 4 nitrogen and oxygen atoms in total. The van der Waals surface area contributed by atoms with E-state index in [1.54, 1.807) is 6.26 Å². The molecule has 0 radical (unpaired) electrons. The van der Waals surface area contributed by atoms with E-state index < -0.39 is 0 Å². The van der Waals surface area contributed by atoms with Crippen molar-refractivity contribution in [2.45, 2.75) is 5.66 Å². The fourth-order valence-electron chi connectivity index (χ4n) is 1.84. The van der Waals surface area contributed by atoms with Crippen LogP contribution in [0.15, 0.2) is 16.9 Å². The summed E-state index contributed by atoms with van der Waals surface area (Å²) in [6.45, 7) is 1.96. The maximum absolute atomic E-state index is 4.89. The van der Waals surface area contributed by atoms with E-state index in [4.69, 9.17) is 4.52 Å². The molecule has 4 heteroatoms. The highest BCUT2D eigenvalue weighted by Crippen LogP contribution is 2.32. The van der Waals surface area contributed by atoms with Crippen LogP contribution >= 0.6 is 0 Å². The van der Waals surface area contributed by atoms with Crippen molar-refractivity contribution in [3.05, 3.63) is 23.6 Å². The number of aromatic nitrogens is 1. The highest BCUT2D eigenvalue weighted by molar-refractivity contribution is 5.60. The monoisotopic (exact) mass is 163 g/mol. The molecule has 1 spiro atoms. The molecule has 0 bridgehead atoms. The molecule has 1 aliphatic heterocycles. The fourth-order valence-corrected chi connectivity index (χ4v) is 1.84. The molecule has 12 heavy (non-hydrogen) atoms. The number of hydrogen-bond acceptors (Lipinski definition) is 4. The molecule has 0 atom stereocenters. The average molecular weight is 163 g/mol. The van der Waals surface area contributed by atoms with E-state index >= 15 is 0 Å². The van der Waals surface area contributed by atoms with Gasteiger partial charge in [-0.3, -0.25) is 10.6 Å². The van der Waals surface area contributed by atoms with Crippen LogP contribution in [0.5, 0.6) is 0 Å². The van der Waals surface area contributed by atoms with Crippen molar-refractivity contribution in [3.63, 3.8) is 0 Å². The summed E-state index contributed by atoms with van der Waals surface area (Å²) in [6, 6.07) is 0. The lowest BCUT2D eigenvalue weighted by Gasteiger charge is -2.21. The Morgan fingerprint density at radius 1 is 1.42 bits per heavy atom. The van der Waals surface area contributed by atoms with Crippen LogP contribution in [0.1, 0.15) is 11.3 Å². The largest absolute Gasteiger partial charge is 0.364 e. The van der Waals surface area contributed by atoms with E-state index in [2.05, 4.69) is 21.9 Å². The summed E-state index contributed by atoms with van der Waals surface area (Å²) in [5.74, 6) is 0. The lowest BCUT2D eigenvalue weighted by Crippen LogP contribution is -2.42. The Labute approximate surface area is 69.6 Å². The van der Waals surface area contributed by atoms with Crippen molar-refractivity contribution in [2.75, 3.05) is 13.1 Å². The van der Waals surface area contributed by atoms with Crippen molar-refractivity contribution < 1.29 is 4.52 Å². The van der Waals surface area contributed by atoms with E-state index in [9.17, 15) is 0 Å². The Morgan fingerprint density at radius 2 is 2.25 bits per heavy atom. The fraction of sp³-hybridized carbons (Fsp3) is 0.375. The van der Waals surface area contributed by atoms with Crippen molar-refractivity contribution in [3.8, 4) is 0 Å². The first kappa shape index (κ1) is 6.39. The highest BCUT2D eigenvalue weighted by atomic mass is 16.5. The second-order valence-electron chi connectivity index (χ2n) is 3.11. The Hall–Kier alpha value is -1.13. The van der Waals surface area contributed by atoms with Gasteiger partial charge in [0, 0.05) is 13.1 Å². The molecular formula is C8H9N3O. The third-order valence-electron chi connectivity index (χ3n) is 2.45. The van der Waals surface area contributed by atoms with Crippen LogP contribution in [0.2, 0.25) is 0 Å². The first-order valence-corrected chi connectivity index (χ1v) is 4.05. The van der Waals surface area contributed by atoms with Gasteiger partial charge in [-0.2, -0.15) is 0 Å². The third-order valence-corrected chi connectivity index (χ3v) is 2.45. The zero-order valence-electron chi connectivity index (χ0n) is 6.50. The third kappa shape index (κ3) is 0.616. The zero-order valence-corrected chi connectivity index (χ0v) is 6.50. The summed E-state index contributed by atoms with van der Waals surface area (Å²) in [5.41, 5.74) is 1.84. The van der Waals surface area contributed by atoms with Gasteiger partial charge in [-0.1, -0.05) is 5.16 Å². The minimum Gasteiger partial charge on any atom is -0.364 e. The maximum Gasteiger partial charge on any atom is 0.131 e. The molecule has 1 aliphatic carbocycles. The summed E-state index contributed by atoms with van der Waals surface area (Å²) in [4.78, 5) is 0. The molecule has 0 saturated carbocycles. The molecule has 1 fully saturated rings. The van der Waals surface area contributed by atoms with Crippen molar-refractivity contribution in [1.82, 2.24) is 15.8 Å². The Kier molecular flexibility index (Phi) is 1.05. The normalized spacial score (nSPS) is 23.7. The van der Waals surface area contributed by atoms with Gasteiger partial charge in [0.1, 0.15) is 17.6 Å². The van der Waals surface area contributed by atoms with Crippen LogP contribution < -0.4 is 10.6 Å². The SMILES string of the molecule is C1=CC2(NCCN2)c2conc21. The van der Waals surface area contributed by atoms with E-state index in [-0.39, 0.29) is 5.66 Å². The molecule has 3 rings (SSSR count). The van der Waals surface area contributed by atoms with Crippen molar-refractivity contribution >= 4 is 6.08 Å². The second kappa shape index (κ2) is 1.97. The van der Waals surface area contributed by atoms with Crippen LogP contribution in [0.25, 0.3) is 6.08 Å². The molecule has 2 aliphatic rings. The van der Waals surface area contributed by atoms with Gasteiger partial charge in [-0.25, -0.2) is 0 Å². The van der Waals surface area contributed by atoms with Gasteiger partial charge in [0.05, 0.1) is 5.56 Å². The number of nitrogens with one attached hydrogen (secondary N) is 2. The van der Waals surface area contributed by atoms with Crippen LogP contribution in [-0.4, -0.2) is 18.2 Å². The molecule has 0 unspecified atom stereocenters. The molecule has 1 saturated heterocycles. The summed E-state index contributed by atoms with van der Waals surface area (Å²) >= 11 is 0. The topological polar surface area (TPSA) is 50.1 Å². The van der Waals surface area contributed by atoms with Crippen molar-refractivity contribution in [2.24, 2.45) is 0 Å². The van der Waals surface area contributed by atoms with Crippen LogP contribution in [0.3, 0.4) is 0 Å². The maximum atomic E-state index is 4.89. The first-order valence-electron chi connectivity index (χ1n) is 4.05. The van der Waals surface area contributed by atoms with Gasteiger partial charge in [0.25, 0.3) is 0 Å².